The Morgan fingerprint density at radius 3 is 2.40 bits per heavy atom. The van der Waals surface area contributed by atoms with Crippen molar-refractivity contribution in [1.29, 1.82) is 5.26 Å². The lowest BCUT2D eigenvalue weighted by Gasteiger charge is -2.16. The molecule has 0 spiro atoms. The number of ether oxygens (including phenoxy) is 3. The first-order chi connectivity index (χ1) is 21.7. The molecule has 0 saturated heterocycles. The molecule has 228 valence electrons. The number of hydrogen-bond acceptors (Lipinski definition) is 7. The van der Waals surface area contributed by atoms with E-state index in [1.165, 1.54) is 12.1 Å². The van der Waals surface area contributed by atoms with Crippen LogP contribution in [0.1, 0.15) is 27.2 Å². The van der Waals surface area contributed by atoms with Gasteiger partial charge in [-0.25, -0.2) is 14.5 Å². The largest absolute Gasteiger partial charge is 0.491 e. The minimum Gasteiger partial charge on any atom is -0.491 e. The summed E-state index contributed by atoms with van der Waals surface area (Å²) >= 11 is 0. The molecule has 5 aromatic rings. The highest BCUT2D eigenvalue weighted by atomic mass is 19.4. The van der Waals surface area contributed by atoms with Gasteiger partial charge in [0.25, 0.3) is 0 Å². The number of carbonyl (C=O) groups is 1. The van der Waals surface area contributed by atoms with Gasteiger partial charge in [0.05, 0.1) is 30.1 Å². The fraction of sp³-hybridized carbons (Fsp3) is 0.152. The summed E-state index contributed by atoms with van der Waals surface area (Å²) in [6.07, 6.45) is -4.34. The maximum atomic E-state index is 13.8. The first-order valence-electron chi connectivity index (χ1n) is 13.5. The molecule has 2 heterocycles. The van der Waals surface area contributed by atoms with Crippen molar-refractivity contribution in [2.24, 2.45) is 0 Å². The van der Waals surface area contributed by atoms with Crippen molar-refractivity contribution in [3.8, 4) is 45.8 Å². The molecule has 5 rings (SSSR count). The number of benzene rings is 3. The van der Waals surface area contributed by atoms with Gasteiger partial charge in [-0.05, 0) is 53.6 Å². The molecular weight excluding hydrogens is 589 g/mol. The zero-order chi connectivity index (χ0) is 32.0. The molecule has 0 saturated carbocycles. The van der Waals surface area contributed by atoms with Crippen LogP contribution in [-0.2, 0) is 17.5 Å². The predicted molar refractivity (Wildman–Crippen MR) is 157 cm³/mol. The molecule has 0 aliphatic carbocycles. The lowest BCUT2D eigenvalue weighted by atomic mass is 10.0. The number of aromatic nitrogens is 3. The van der Waals surface area contributed by atoms with Crippen LogP contribution in [0.3, 0.4) is 0 Å². The van der Waals surface area contributed by atoms with E-state index in [0.29, 0.717) is 46.7 Å². The van der Waals surface area contributed by atoms with Crippen molar-refractivity contribution < 1.29 is 37.3 Å². The Hall–Kier alpha value is -5.67. The van der Waals surface area contributed by atoms with Crippen LogP contribution in [0.2, 0.25) is 0 Å². The lowest BCUT2D eigenvalue weighted by molar-refractivity contribution is -0.143. The van der Waals surface area contributed by atoms with Crippen LogP contribution in [0.25, 0.3) is 28.2 Å². The van der Waals surface area contributed by atoms with Crippen LogP contribution >= 0.6 is 0 Å². The van der Waals surface area contributed by atoms with Gasteiger partial charge in [0, 0.05) is 18.2 Å². The van der Waals surface area contributed by atoms with E-state index in [1.54, 1.807) is 49.6 Å². The molecule has 0 unspecified atom stereocenters. The van der Waals surface area contributed by atoms with Crippen molar-refractivity contribution in [3.05, 3.63) is 114 Å². The summed E-state index contributed by atoms with van der Waals surface area (Å²) in [7, 11) is 1.57. The fourth-order valence-corrected chi connectivity index (χ4v) is 4.56. The van der Waals surface area contributed by atoms with Crippen LogP contribution < -0.4 is 9.47 Å². The van der Waals surface area contributed by atoms with E-state index in [2.05, 4.69) is 16.2 Å². The molecular formula is C33H25F3N4O5. The minimum atomic E-state index is -4.98. The number of methoxy groups -OCH3 is 1. The maximum absolute atomic E-state index is 13.8. The molecule has 12 heteroatoms. The molecule has 2 aromatic heterocycles. The summed E-state index contributed by atoms with van der Waals surface area (Å²) in [5.74, 6) is -0.990. The van der Waals surface area contributed by atoms with E-state index in [0.717, 1.165) is 16.7 Å². The molecule has 45 heavy (non-hydrogen) atoms. The van der Waals surface area contributed by atoms with Crippen molar-refractivity contribution in [1.82, 2.24) is 14.8 Å². The highest BCUT2D eigenvalue weighted by molar-refractivity contribution is 5.89. The number of rotatable bonds is 11. The minimum absolute atomic E-state index is 0.0893. The number of aromatic carboxylic acids is 1. The summed E-state index contributed by atoms with van der Waals surface area (Å²) in [5, 5.41) is 22.0. The smallest absolute Gasteiger partial charge is 0.434 e. The highest BCUT2D eigenvalue weighted by Gasteiger charge is 2.41. The lowest BCUT2D eigenvalue weighted by Crippen LogP contribution is -2.18. The van der Waals surface area contributed by atoms with Gasteiger partial charge in [-0.1, -0.05) is 42.5 Å². The molecule has 0 bridgehead atoms. The van der Waals surface area contributed by atoms with E-state index in [-0.39, 0.29) is 18.1 Å². The number of carboxylic acids is 1. The van der Waals surface area contributed by atoms with Gasteiger partial charge in [0.1, 0.15) is 30.3 Å². The average Bonchev–Trinajstić information content (AvgIpc) is 3.52. The molecule has 0 radical (unpaired) electrons. The second-order valence-electron chi connectivity index (χ2n) is 9.64. The van der Waals surface area contributed by atoms with Crippen molar-refractivity contribution in [3.63, 3.8) is 0 Å². The van der Waals surface area contributed by atoms with Crippen molar-refractivity contribution >= 4 is 5.97 Å². The number of carboxylic acid groups (broad SMARTS) is 1. The summed E-state index contributed by atoms with van der Waals surface area (Å²) in [6, 6.07) is 26.2. The summed E-state index contributed by atoms with van der Waals surface area (Å²) in [6.45, 7) is 0.753. The van der Waals surface area contributed by atoms with Gasteiger partial charge in [-0.2, -0.15) is 23.5 Å². The monoisotopic (exact) mass is 614 g/mol. The first-order valence-corrected chi connectivity index (χ1v) is 13.5. The van der Waals surface area contributed by atoms with Crippen LogP contribution in [-0.4, -0.2) is 46.2 Å². The van der Waals surface area contributed by atoms with Gasteiger partial charge in [0.15, 0.2) is 11.5 Å². The number of para-hydroxylation sites is 1. The third-order valence-corrected chi connectivity index (χ3v) is 6.73. The third-order valence-electron chi connectivity index (χ3n) is 6.73. The highest BCUT2D eigenvalue weighted by Crippen LogP contribution is 2.35. The van der Waals surface area contributed by atoms with Crippen LogP contribution in [0.15, 0.2) is 91.1 Å². The normalized spacial score (nSPS) is 11.2. The van der Waals surface area contributed by atoms with E-state index in [4.69, 9.17) is 19.5 Å². The van der Waals surface area contributed by atoms with Crippen LogP contribution in [0.5, 0.6) is 11.5 Å². The molecule has 0 fully saturated rings. The molecule has 0 atom stereocenters. The fourth-order valence-electron chi connectivity index (χ4n) is 4.56. The Morgan fingerprint density at radius 2 is 1.69 bits per heavy atom. The average molecular weight is 615 g/mol. The Morgan fingerprint density at radius 1 is 0.933 bits per heavy atom. The van der Waals surface area contributed by atoms with Crippen molar-refractivity contribution in [2.75, 3.05) is 20.3 Å². The van der Waals surface area contributed by atoms with Gasteiger partial charge in [0.2, 0.25) is 0 Å². The van der Waals surface area contributed by atoms with E-state index >= 15 is 0 Å². The number of pyridine rings is 1. The van der Waals surface area contributed by atoms with E-state index in [9.17, 15) is 23.1 Å². The predicted octanol–water partition coefficient (Wildman–Crippen LogP) is 6.79. The second-order valence-corrected chi connectivity index (χ2v) is 9.64. The summed E-state index contributed by atoms with van der Waals surface area (Å²) < 4.78 is 59.2. The van der Waals surface area contributed by atoms with E-state index in [1.807, 2.05) is 30.3 Å². The zero-order valence-corrected chi connectivity index (χ0v) is 23.8. The number of hydrogen-bond donors (Lipinski definition) is 1. The second kappa shape index (κ2) is 13.3. The number of nitrogens with zero attached hydrogens (tertiary/aromatic N) is 4. The Bertz CT molecular complexity index is 1860. The quantitative estimate of drug-likeness (QED) is 0.162. The molecule has 3 aromatic carbocycles. The molecule has 0 aliphatic rings. The molecule has 0 amide bonds. The standard InChI is InChI=1S/C33H25F3N4O5/c1-43-15-16-44-29-17-23(22-11-9-21(18-37)10-12-22)13-14-24(29)20-45-28-7-3-2-5-25(28)27-6-4-8-30(39-27)40-31(33(34,35)36)26(19-38-40)32(41)42/h2-14,17,19H,15-16,20H2,1H3,(H,41,42). The number of alkyl halides is 3. The summed E-state index contributed by atoms with van der Waals surface area (Å²) in [4.78, 5) is 15.8. The molecule has 9 nitrogen and oxygen atoms in total. The molecule has 0 aliphatic heterocycles. The van der Waals surface area contributed by atoms with Gasteiger partial charge in [-0.3, -0.25) is 0 Å². The summed E-state index contributed by atoms with van der Waals surface area (Å²) in [5.41, 5.74) is 1.42. The van der Waals surface area contributed by atoms with Crippen LogP contribution in [0, 0.1) is 11.3 Å². The Balaban J connectivity index is 1.44. The van der Waals surface area contributed by atoms with Gasteiger partial charge < -0.3 is 19.3 Å². The van der Waals surface area contributed by atoms with E-state index < -0.39 is 23.4 Å². The zero-order valence-electron chi connectivity index (χ0n) is 23.8. The van der Waals surface area contributed by atoms with Gasteiger partial charge in [-0.15, -0.1) is 0 Å². The maximum Gasteiger partial charge on any atom is 0.434 e. The van der Waals surface area contributed by atoms with Crippen molar-refractivity contribution in [2.45, 2.75) is 12.8 Å². The molecule has 1 N–H and O–H groups in total. The number of nitriles is 1. The topological polar surface area (TPSA) is 119 Å². The Labute approximate surface area is 255 Å². The van der Waals surface area contributed by atoms with Crippen LogP contribution in [0.4, 0.5) is 13.2 Å². The Kier molecular flexibility index (Phi) is 9.11. The number of halogens is 3. The third kappa shape index (κ3) is 6.95. The first kappa shape index (κ1) is 30.8. The van der Waals surface area contributed by atoms with Gasteiger partial charge >= 0.3 is 12.1 Å². The SMILES string of the molecule is COCCOc1cc(-c2ccc(C#N)cc2)ccc1COc1ccccc1-c1cccc(-n2ncc(C(=O)O)c2C(F)(F)F)n1.